The number of amides is 3. The molecule has 32 heavy (non-hydrogen) atoms. The molecule has 2 aromatic carbocycles. The van der Waals surface area contributed by atoms with Gasteiger partial charge >= 0.3 is 6.03 Å². The number of hydrogen-bond donors (Lipinski definition) is 2. The Kier molecular flexibility index (Phi) is 5.09. The topological polar surface area (TPSA) is 92.2 Å². The van der Waals surface area contributed by atoms with Crippen molar-refractivity contribution in [1.29, 1.82) is 0 Å². The van der Waals surface area contributed by atoms with E-state index in [2.05, 4.69) is 20.7 Å². The second-order valence-corrected chi connectivity index (χ2v) is 7.30. The lowest BCUT2D eigenvalue weighted by atomic mass is 10.1. The van der Waals surface area contributed by atoms with E-state index in [1.54, 1.807) is 40.3 Å². The fourth-order valence-corrected chi connectivity index (χ4v) is 3.64. The molecule has 1 saturated heterocycles. The Bertz CT molecular complexity index is 1270. The summed E-state index contributed by atoms with van der Waals surface area (Å²) in [5.74, 6) is -0.297. The summed E-state index contributed by atoms with van der Waals surface area (Å²) in [6.07, 6.45) is 5.07. The maximum Gasteiger partial charge on any atom is 0.321 e. The second-order valence-electron chi connectivity index (χ2n) is 7.30. The monoisotopic (exact) mass is 424 g/mol. The molecule has 2 aromatic heterocycles. The van der Waals surface area contributed by atoms with Crippen LogP contribution in [0.3, 0.4) is 0 Å². The molecular weight excluding hydrogens is 404 g/mol. The van der Waals surface area contributed by atoms with Crippen molar-refractivity contribution in [1.82, 2.24) is 20.1 Å². The molecule has 3 heterocycles. The van der Waals surface area contributed by atoms with Crippen LogP contribution in [0.25, 0.3) is 16.9 Å². The van der Waals surface area contributed by atoms with Crippen molar-refractivity contribution < 1.29 is 9.59 Å². The quantitative estimate of drug-likeness (QED) is 0.511. The minimum Gasteiger partial charge on any atom is -0.336 e. The number of carbonyl (C=O) groups excluding carboxylic acids is 2. The van der Waals surface area contributed by atoms with E-state index in [1.807, 2.05) is 54.6 Å². The summed E-state index contributed by atoms with van der Waals surface area (Å²) < 4.78 is 1.68. The molecule has 0 atom stereocenters. The van der Waals surface area contributed by atoms with Gasteiger partial charge in [0.15, 0.2) is 0 Å². The number of pyridine rings is 1. The van der Waals surface area contributed by atoms with Gasteiger partial charge in [0.1, 0.15) is 5.69 Å². The van der Waals surface area contributed by atoms with Crippen LogP contribution in [-0.2, 0) is 0 Å². The summed E-state index contributed by atoms with van der Waals surface area (Å²) in [6.45, 7) is 1.19. The molecule has 0 bridgehead atoms. The van der Waals surface area contributed by atoms with Gasteiger partial charge in [0, 0.05) is 48.6 Å². The van der Waals surface area contributed by atoms with Crippen LogP contribution < -0.4 is 15.5 Å². The highest BCUT2D eigenvalue weighted by molar-refractivity contribution is 6.08. The van der Waals surface area contributed by atoms with E-state index in [1.165, 1.54) is 0 Å². The van der Waals surface area contributed by atoms with E-state index >= 15 is 0 Å². The fraction of sp³-hybridized carbons (Fsp3) is 0.0833. The average molecular weight is 424 g/mol. The summed E-state index contributed by atoms with van der Waals surface area (Å²) in [7, 11) is 0. The van der Waals surface area contributed by atoms with Crippen LogP contribution >= 0.6 is 0 Å². The Hall–Kier alpha value is -4.46. The van der Waals surface area contributed by atoms with Gasteiger partial charge in [-0.25, -0.2) is 9.48 Å². The molecule has 0 radical (unpaired) electrons. The number of urea groups is 1. The highest BCUT2D eigenvalue weighted by Crippen LogP contribution is 2.26. The molecule has 4 aromatic rings. The van der Waals surface area contributed by atoms with Gasteiger partial charge in [-0.1, -0.05) is 24.3 Å². The first kappa shape index (κ1) is 19.5. The van der Waals surface area contributed by atoms with Crippen LogP contribution in [0.2, 0.25) is 0 Å². The van der Waals surface area contributed by atoms with Crippen molar-refractivity contribution in [3.63, 3.8) is 0 Å². The van der Waals surface area contributed by atoms with E-state index in [0.717, 1.165) is 16.9 Å². The normalized spacial score (nSPS) is 13.1. The number of para-hydroxylation sites is 1. The smallest absolute Gasteiger partial charge is 0.321 e. The Labute approximate surface area is 184 Å². The van der Waals surface area contributed by atoms with Crippen LogP contribution in [0.1, 0.15) is 10.4 Å². The number of carbonyl (C=O) groups is 2. The lowest BCUT2D eigenvalue weighted by Gasteiger charge is -2.15. The third-order valence-electron chi connectivity index (χ3n) is 5.19. The maximum absolute atomic E-state index is 13.3. The van der Waals surface area contributed by atoms with Gasteiger partial charge in [0.25, 0.3) is 5.91 Å². The van der Waals surface area contributed by atoms with Crippen molar-refractivity contribution in [3.8, 4) is 16.9 Å². The predicted molar refractivity (Wildman–Crippen MR) is 122 cm³/mol. The molecule has 1 aliphatic rings. The SMILES string of the molecule is O=C(Nc1cccc(N2CCNC2=O)c1)c1cn(-c2ccccc2)nc1-c1cccnc1. The van der Waals surface area contributed by atoms with Crippen LogP contribution in [0.5, 0.6) is 0 Å². The van der Waals surface area contributed by atoms with E-state index in [-0.39, 0.29) is 11.9 Å². The predicted octanol–water partition coefficient (Wildman–Crippen LogP) is 3.72. The molecule has 1 fully saturated rings. The minimum absolute atomic E-state index is 0.142. The molecule has 0 spiro atoms. The van der Waals surface area contributed by atoms with Crippen LogP contribution in [0, 0.1) is 0 Å². The maximum atomic E-state index is 13.3. The molecule has 0 aliphatic carbocycles. The molecule has 3 amide bonds. The Morgan fingerprint density at radius 1 is 1.00 bits per heavy atom. The number of nitrogens with one attached hydrogen (secondary N) is 2. The molecule has 0 unspecified atom stereocenters. The molecule has 1 aliphatic heterocycles. The highest BCUT2D eigenvalue weighted by atomic mass is 16.2. The first-order valence-corrected chi connectivity index (χ1v) is 10.2. The number of hydrogen-bond acceptors (Lipinski definition) is 4. The zero-order valence-corrected chi connectivity index (χ0v) is 17.1. The molecule has 158 valence electrons. The lowest BCUT2D eigenvalue weighted by molar-refractivity contribution is 0.102. The van der Waals surface area contributed by atoms with Gasteiger partial charge in [0.05, 0.1) is 11.3 Å². The Morgan fingerprint density at radius 2 is 1.84 bits per heavy atom. The average Bonchev–Trinajstić information content (AvgIpc) is 3.47. The molecule has 8 heteroatoms. The number of benzene rings is 2. The highest BCUT2D eigenvalue weighted by Gasteiger charge is 2.22. The summed E-state index contributed by atoms with van der Waals surface area (Å²) in [5, 5.41) is 10.4. The minimum atomic E-state index is -0.297. The summed E-state index contributed by atoms with van der Waals surface area (Å²) in [5.41, 5.74) is 3.87. The van der Waals surface area contributed by atoms with Crippen molar-refractivity contribution in [2.45, 2.75) is 0 Å². The van der Waals surface area contributed by atoms with E-state index < -0.39 is 0 Å². The zero-order chi connectivity index (χ0) is 21.9. The van der Waals surface area contributed by atoms with E-state index in [4.69, 9.17) is 0 Å². The largest absolute Gasteiger partial charge is 0.336 e. The molecule has 2 N–H and O–H groups in total. The third kappa shape index (κ3) is 3.81. The summed E-state index contributed by atoms with van der Waals surface area (Å²) in [6, 6.07) is 20.4. The Balaban J connectivity index is 1.48. The van der Waals surface area contributed by atoms with Crippen molar-refractivity contribution in [2.24, 2.45) is 0 Å². The summed E-state index contributed by atoms with van der Waals surface area (Å²) in [4.78, 5) is 31.1. The second kappa shape index (κ2) is 8.35. The molecule has 0 saturated carbocycles. The van der Waals surface area contributed by atoms with Crippen LogP contribution in [-0.4, -0.2) is 39.8 Å². The van der Waals surface area contributed by atoms with E-state index in [0.29, 0.717) is 30.0 Å². The van der Waals surface area contributed by atoms with Gasteiger partial charge in [0.2, 0.25) is 0 Å². The first-order valence-electron chi connectivity index (χ1n) is 10.2. The van der Waals surface area contributed by atoms with Gasteiger partial charge in [-0.2, -0.15) is 5.10 Å². The first-order chi connectivity index (χ1) is 15.7. The van der Waals surface area contributed by atoms with Crippen molar-refractivity contribution in [3.05, 3.63) is 90.9 Å². The van der Waals surface area contributed by atoms with Crippen LogP contribution in [0.15, 0.2) is 85.3 Å². The van der Waals surface area contributed by atoms with Gasteiger partial charge in [-0.15, -0.1) is 0 Å². The van der Waals surface area contributed by atoms with Gasteiger partial charge in [-0.3, -0.25) is 14.7 Å². The van der Waals surface area contributed by atoms with Gasteiger partial charge < -0.3 is 10.6 Å². The lowest BCUT2D eigenvalue weighted by Crippen LogP contribution is -2.27. The van der Waals surface area contributed by atoms with Gasteiger partial charge in [-0.05, 0) is 42.5 Å². The molecule has 5 rings (SSSR count). The number of aromatic nitrogens is 3. The zero-order valence-electron chi connectivity index (χ0n) is 17.1. The van der Waals surface area contributed by atoms with Crippen LogP contribution in [0.4, 0.5) is 16.2 Å². The fourth-order valence-electron chi connectivity index (χ4n) is 3.64. The number of rotatable bonds is 5. The summed E-state index contributed by atoms with van der Waals surface area (Å²) >= 11 is 0. The van der Waals surface area contributed by atoms with E-state index in [9.17, 15) is 9.59 Å². The standard InChI is InChI=1S/C24H20N6O2/c31-23(27-18-7-4-10-20(14-18)29-13-12-26-24(29)32)21-16-30(19-8-2-1-3-9-19)28-22(21)17-6-5-11-25-15-17/h1-11,14-16H,12-13H2,(H,26,32)(H,27,31). The van der Waals surface area contributed by atoms with Crippen molar-refractivity contribution in [2.75, 3.05) is 23.3 Å². The molecular formula is C24H20N6O2. The molecule has 8 nitrogen and oxygen atoms in total. The van der Waals surface area contributed by atoms with Crippen molar-refractivity contribution >= 4 is 23.3 Å². The third-order valence-corrected chi connectivity index (χ3v) is 5.19. The number of nitrogens with zero attached hydrogens (tertiary/aromatic N) is 4. The number of anilines is 2. The Morgan fingerprint density at radius 3 is 2.59 bits per heavy atom.